The minimum absolute atomic E-state index is 0.172. The summed E-state index contributed by atoms with van der Waals surface area (Å²) in [6, 6.07) is -1.42. The van der Waals surface area contributed by atoms with E-state index in [2.05, 4.69) is 5.32 Å². The molecule has 8 heteroatoms. The van der Waals surface area contributed by atoms with Crippen molar-refractivity contribution in [3.8, 4) is 0 Å². The topological polar surface area (TPSA) is 154 Å². The second-order valence-corrected chi connectivity index (χ2v) is 5.98. The molecular weight excluding hydrogens is 294 g/mol. The highest BCUT2D eigenvalue weighted by Gasteiger charge is 2.41. The Balaban J connectivity index is 2.12. The maximum Gasteiger partial charge on any atom is 0.111 e. The Morgan fingerprint density at radius 1 is 1.00 bits per heavy atom. The maximum absolute atomic E-state index is 10.0. The van der Waals surface area contributed by atoms with E-state index in [1.807, 2.05) is 0 Å². The lowest BCUT2D eigenvalue weighted by atomic mass is 9.80. The summed E-state index contributed by atoms with van der Waals surface area (Å²) in [5.74, 6) is -0.298. The van der Waals surface area contributed by atoms with Gasteiger partial charge in [0.1, 0.15) is 18.3 Å². The molecule has 8 nitrogen and oxygen atoms in total. The number of nitrogens with one attached hydrogen (secondary N) is 1. The van der Waals surface area contributed by atoms with Gasteiger partial charge in [0.05, 0.1) is 24.9 Å². The third-order valence-corrected chi connectivity index (χ3v) is 4.43. The first kappa shape index (κ1) is 17.8. The van der Waals surface area contributed by atoms with Gasteiger partial charge in [0.2, 0.25) is 0 Å². The van der Waals surface area contributed by atoms with Crippen LogP contribution in [-0.2, 0) is 0 Å². The van der Waals surface area contributed by atoms with Crippen LogP contribution in [0.25, 0.3) is 0 Å². The molecule has 22 heavy (non-hydrogen) atoms. The molecule has 0 amide bonds. The highest BCUT2D eigenvalue weighted by molar-refractivity contribution is 5.22. The van der Waals surface area contributed by atoms with Crippen LogP contribution < -0.4 is 5.32 Å². The highest BCUT2D eigenvalue weighted by Crippen LogP contribution is 2.26. The van der Waals surface area contributed by atoms with E-state index < -0.39 is 49.2 Å². The summed E-state index contributed by atoms with van der Waals surface area (Å²) in [5, 5.41) is 70.7. The molecule has 0 aromatic heterocycles. The van der Waals surface area contributed by atoms with E-state index in [0.29, 0.717) is 6.42 Å². The molecule has 127 valence electrons. The van der Waals surface area contributed by atoms with Crippen LogP contribution in [0.2, 0.25) is 0 Å². The Morgan fingerprint density at radius 3 is 2.27 bits per heavy atom. The van der Waals surface area contributed by atoms with E-state index in [9.17, 15) is 35.7 Å². The summed E-state index contributed by atoms with van der Waals surface area (Å²) in [6.07, 6.45) is -3.15. The molecule has 8 atom stereocenters. The molecule has 2 rings (SSSR count). The zero-order valence-electron chi connectivity index (χ0n) is 12.0. The second kappa shape index (κ2) is 7.33. The molecule has 1 saturated carbocycles. The molecule has 1 radical (unpaired) electrons. The first-order valence-electron chi connectivity index (χ1n) is 7.32. The molecule has 2 aliphatic carbocycles. The highest BCUT2D eigenvalue weighted by atomic mass is 16.4. The first-order valence-corrected chi connectivity index (χ1v) is 7.32. The number of aliphatic hydroxyl groups excluding tert-OH is 7. The fourth-order valence-electron chi connectivity index (χ4n) is 3.06. The van der Waals surface area contributed by atoms with Gasteiger partial charge in [0.25, 0.3) is 0 Å². The molecule has 0 bridgehead atoms. The lowest BCUT2D eigenvalue weighted by molar-refractivity contribution is -0.0738. The minimum atomic E-state index is -1.46. The molecule has 1 fully saturated rings. The molecule has 0 heterocycles. The Morgan fingerprint density at radius 2 is 1.68 bits per heavy atom. The minimum Gasteiger partial charge on any atom is -0.396 e. The Labute approximate surface area is 128 Å². The van der Waals surface area contributed by atoms with Gasteiger partial charge in [-0.25, -0.2) is 0 Å². The van der Waals surface area contributed by atoms with E-state index in [0.717, 1.165) is 0 Å². The molecule has 8 N–H and O–H groups in total. The summed E-state index contributed by atoms with van der Waals surface area (Å²) in [7, 11) is 0. The van der Waals surface area contributed by atoms with Gasteiger partial charge in [0, 0.05) is 12.6 Å². The van der Waals surface area contributed by atoms with Crippen molar-refractivity contribution in [2.24, 2.45) is 5.92 Å². The monoisotopic (exact) mass is 318 g/mol. The van der Waals surface area contributed by atoms with E-state index >= 15 is 0 Å². The van der Waals surface area contributed by atoms with Gasteiger partial charge < -0.3 is 41.1 Å². The van der Waals surface area contributed by atoms with Crippen molar-refractivity contribution in [3.63, 3.8) is 0 Å². The third-order valence-electron chi connectivity index (χ3n) is 4.43. The van der Waals surface area contributed by atoms with Gasteiger partial charge in [-0.05, 0) is 24.3 Å². The lowest BCUT2D eigenvalue weighted by Gasteiger charge is -2.41. The van der Waals surface area contributed by atoms with E-state index in [4.69, 9.17) is 0 Å². The van der Waals surface area contributed by atoms with Crippen LogP contribution in [0, 0.1) is 12.3 Å². The van der Waals surface area contributed by atoms with Crippen LogP contribution in [0.15, 0.2) is 11.6 Å². The van der Waals surface area contributed by atoms with Crippen molar-refractivity contribution < 1.29 is 35.7 Å². The molecule has 0 aromatic carbocycles. The average molecular weight is 318 g/mol. The van der Waals surface area contributed by atoms with Gasteiger partial charge in [-0.2, -0.15) is 0 Å². The lowest BCUT2D eigenvalue weighted by Crippen LogP contribution is -2.61. The van der Waals surface area contributed by atoms with Crippen molar-refractivity contribution in [2.75, 3.05) is 13.2 Å². The average Bonchev–Trinajstić information content (AvgIpc) is 2.51. The second-order valence-electron chi connectivity index (χ2n) is 5.98. The fourth-order valence-corrected chi connectivity index (χ4v) is 3.06. The van der Waals surface area contributed by atoms with Crippen LogP contribution in [0.3, 0.4) is 0 Å². The van der Waals surface area contributed by atoms with E-state index in [1.54, 1.807) is 0 Å². The Hall–Kier alpha value is -0.580. The predicted octanol–water partition coefficient (Wildman–Crippen LogP) is -3.73. The van der Waals surface area contributed by atoms with Crippen molar-refractivity contribution >= 4 is 0 Å². The summed E-state index contributed by atoms with van der Waals surface area (Å²) < 4.78 is 0. The summed E-state index contributed by atoms with van der Waals surface area (Å²) in [5.41, 5.74) is 0.173. The van der Waals surface area contributed by atoms with Gasteiger partial charge in [-0.15, -0.1) is 0 Å². The summed E-state index contributed by atoms with van der Waals surface area (Å²) in [6.45, 7) is -0.639. The SMILES string of the molecule is OCC1=C[C@H](N[C@@H]2C[C@@H](CO)[CH][C@H](O)[C@@H]2O)[C@@H](O)[C@@H](O)[C@@H]1O. The molecule has 0 unspecified atom stereocenters. The van der Waals surface area contributed by atoms with Gasteiger partial charge >= 0.3 is 0 Å². The van der Waals surface area contributed by atoms with Crippen molar-refractivity contribution in [1.82, 2.24) is 5.32 Å². The van der Waals surface area contributed by atoms with Crippen molar-refractivity contribution in [1.29, 1.82) is 0 Å². The quantitative estimate of drug-likeness (QED) is 0.246. The summed E-state index contributed by atoms with van der Waals surface area (Å²) in [4.78, 5) is 0. The van der Waals surface area contributed by atoms with Crippen LogP contribution >= 0.6 is 0 Å². The van der Waals surface area contributed by atoms with Gasteiger partial charge in [0.15, 0.2) is 0 Å². The molecule has 0 spiro atoms. The molecule has 0 aromatic rings. The number of hydrogen-bond acceptors (Lipinski definition) is 8. The van der Waals surface area contributed by atoms with Crippen LogP contribution in [0.5, 0.6) is 0 Å². The van der Waals surface area contributed by atoms with Gasteiger partial charge in [-0.1, -0.05) is 6.08 Å². The largest absolute Gasteiger partial charge is 0.396 e. The van der Waals surface area contributed by atoms with Crippen molar-refractivity contribution in [2.45, 2.75) is 49.0 Å². The molecular formula is C14H24NO7. The predicted molar refractivity (Wildman–Crippen MR) is 75.4 cm³/mol. The molecule has 2 aliphatic rings. The van der Waals surface area contributed by atoms with E-state index in [1.165, 1.54) is 12.5 Å². The molecule has 0 saturated heterocycles. The third kappa shape index (κ3) is 3.50. The zero-order chi connectivity index (χ0) is 16.4. The number of aliphatic hydroxyl groups is 7. The van der Waals surface area contributed by atoms with Crippen molar-refractivity contribution in [3.05, 3.63) is 18.1 Å². The number of hydrogen-bond donors (Lipinski definition) is 8. The fraction of sp³-hybridized carbons (Fsp3) is 0.786. The maximum atomic E-state index is 10.0. The Bertz CT molecular complexity index is 405. The smallest absolute Gasteiger partial charge is 0.111 e. The van der Waals surface area contributed by atoms with Crippen LogP contribution in [0.1, 0.15) is 6.42 Å². The van der Waals surface area contributed by atoms with E-state index in [-0.39, 0.29) is 18.1 Å². The van der Waals surface area contributed by atoms with Crippen LogP contribution in [-0.4, -0.2) is 91.6 Å². The van der Waals surface area contributed by atoms with Crippen LogP contribution in [0.4, 0.5) is 0 Å². The zero-order valence-corrected chi connectivity index (χ0v) is 12.0. The summed E-state index contributed by atoms with van der Waals surface area (Å²) >= 11 is 0. The standard InChI is InChI=1S/C14H24NO7/c16-4-6-1-8(12(20)10(18)2-6)15-9-3-7(5-17)11(19)14(22)13(9)21/h2-3,6,8-22H,1,4-5H2/t6-,8-,9+,10+,11-,12-,13-,14+/m1/s1. The number of rotatable bonds is 4. The first-order chi connectivity index (χ1) is 10.4. The normalized spacial score (nSPS) is 46.4. The Kier molecular flexibility index (Phi) is 5.92. The molecule has 0 aliphatic heterocycles. The van der Waals surface area contributed by atoms with Gasteiger partial charge in [-0.3, -0.25) is 0 Å².